The number of nitrogens with one attached hydrogen (secondary N) is 2. The summed E-state index contributed by atoms with van der Waals surface area (Å²) in [5.41, 5.74) is 5.21. The van der Waals surface area contributed by atoms with Crippen LogP contribution in [0.1, 0.15) is 26.7 Å². The fourth-order valence-corrected chi connectivity index (χ4v) is 2.11. The Morgan fingerprint density at radius 3 is 2.73 bits per heavy atom. The first-order chi connectivity index (χ1) is 10.3. The van der Waals surface area contributed by atoms with Crippen molar-refractivity contribution >= 4 is 23.7 Å². The van der Waals surface area contributed by atoms with Gasteiger partial charge in [0, 0.05) is 13.3 Å². The van der Waals surface area contributed by atoms with Crippen LogP contribution < -0.4 is 16.4 Å². The number of carbonyl (C=O) groups excluding carboxylic acids is 4. The topological polar surface area (TPSA) is 131 Å². The Morgan fingerprint density at radius 2 is 2.14 bits per heavy atom. The molecule has 0 bridgehead atoms. The summed E-state index contributed by atoms with van der Waals surface area (Å²) in [5, 5.41) is 5.42. The molecule has 0 aliphatic carbocycles. The second-order valence-corrected chi connectivity index (χ2v) is 5.12. The Balaban J connectivity index is 2.61. The Labute approximate surface area is 128 Å². The third-order valence-corrected chi connectivity index (χ3v) is 3.18. The van der Waals surface area contributed by atoms with Crippen LogP contribution in [0.25, 0.3) is 0 Å². The van der Waals surface area contributed by atoms with E-state index in [1.807, 2.05) is 0 Å². The van der Waals surface area contributed by atoms with Crippen LogP contribution in [-0.2, 0) is 23.9 Å². The Bertz CT molecular complexity index is 454. The molecular formula is C13H22N4O5. The Morgan fingerprint density at radius 1 is 1.45 bits per heavy atom. The van der Waals surface area contributed by atoms with Crippen molar-refractivity contribution in [1.29, 1.82) is 0 Å². The van der Waals surface area contributed by atoms with Crippen molar-refractivity contribution in [3.05, 3.63) is 0 Å². The zero-order valence-corrected chi connectivity index (χ0v) is 12.8. The maximum absolute atomic E-state index is 12.0. The van der Waals surface area contributed by atoms with Crippen LogP contribution in [0.15, 0.2) is 0 Å². The molecule has 4 N–H and O–H groups in total. The minimum absolute atomic E-state index is 0.135. The number of amides is 3. The summed E-state index contributed by atoms with van der Waals surface area (Å²) in [7, 11) is 0. The monoisotopic (exact) mass is 314 g/mol. The van der Waals surface area contributed by atoms with Crippen LogP contribution >= 0.6 is 0 Å². The summed E-state index contributed by atoms with van der Waals surface area (Å²) in [6.45, 7) is 3.43. The van der Waals surface area contributed by atoms with E-state index in [4.69, 9.17) is 10.5 Å². The van der Waals surface area contributed by atoms with Gasteiger partial charge in [-0.1, -0.05) is 0 Å². The minimum Gasteiger partial charge on any atom is -0.460 e. The number of esters is 1. The lowest BCUT2D eigenvalue weighted by Gasteiger charge is -2.24. The van der Waals surface area contributed by atoms with Gasteiger partial charge in [-0.2, -0.15) is 0 Å². The van der Waals surface area contributed by atoms with Gasteiger partial charge in [0.05, 0.1) is 6.67 Å². The van der Waals surface area contributed by atoms with Gasteiger partial charge in [0.15, 0.2) is 0 Å². The standard InChI is InChI=1S/C13H22N4O5/c1-8(22-9(2)18)12(13(14)21)16-10(19)6-17-7-15-5-3-4-11(17)20/h8,12,15H,3-7H2,1-2H3,(H2,14,21)(H,16,19). The van der Waals surface area contributed by atoms with Crippen molar-refractivity contribution in [2.24, 2.45) is 5.73 Å². The molecule has 3 amide bonds. The fraction of sp³-hybridized carbons (Fsp3) is 0.692. The fourth-order valence-electron chi connectivity index (χ4n) is 2.11. The van der Waals surface area contributed by atoms with E-state index in [0.29, 0.717) is 19.4 Å². The van der Waals surface area contributed by atoms with Crippen LogP contribution in [0, 0.1) is 0 Å². The molecule has 0 saturated carbocycles. The van der Waals surface area contributed by atoms with E-state index in [1.165, 1.54) is 18.7 Å². The highest BCUT2D eigenvalue weighted by atomic mass is 16.5. The SMILES string of the molecule is CC(=O)OC(C)C(NC(=O)CN1CNCCCC1=O)C(N)=O. The maximum atomic E-state index is 12.0. The van der Waals surface area contributed by atoms with Crippen molar-refractivity contribution in [2.75, 3.05) is 19.8 Å². The molecule has 9 heteroatoms. The minimum atomic E-state index is -1.15. The van der Waals surface area contributed by atoms with Gasteiger partial charge in [0.2, 0.25) is 17.7 Å². The third kappa shape index (κ3) is 5.68. The molecule has 124 valence electrons. The van der Waals surface area contributed by atoms with Crippen LogP contribution in [0.3, 0.4) is 0 Å². The molecule has 0 radical (unpaired) electrons. The van der Waals surface area contributed by atoms with Gasteiger partial charge in [-0.3, -0.25) is 24.5 Å². The van der Waals surface area contributed by atoms with Crippen LogP contribution in [0.5, 0.6) is 0 Å². The van der Waals surface area contributed by atoms with Crippen molar-refractivity contribution < 1.29 is 23.9 Å². The predicted octanol–water partition coefficient (Wildman–Crippen LogP) is -1.92. The van der Waals surface area contributed by atoms with Crippen LogP contribution in [-0.4, -0.2) is 60.5 Å². The molecule has 1 saturated heterocycles. The molecule has 2 atom stereocenters. The smallest absolute Gasteiger partial charge is 0.302 e. The second kappa shape index (κ2) is 8.32. The number of hydrogen-bond acceptors (Lipinski definition) is 6. The largest absolute Gasteiger partial charge is 0.460 e. The van der Waals surface area contributed by atoms with E-state index in [9.17, 15) is 19.2 Å². The van der Waals surface area contributed by atoms with E-state index in [2.05, 4.69) is 10.6 Å². The average molecular weight is 314 g/mol. The predicted molar refractivity (Wildman–Crippen MR) is 76.2 cm³/mol. The highest BCUT2D eigenvalue weighted by molar-refractivity contribution is 5.90. The molecule has 0 aromatic heterocycles. The summed E-state index contributed by atoms with van der Waals surface area (Å²) in [6, 6.07) is -1.15. The number of carbonyl (C=O) groups is 4. The number of primary amides is 1. The Hall–Kier alpha value is -2.16. The van der Waals surface area contributed by atoms with Gasteiger partial charge >= 0.3 is 5.97 Å². The highest BCUT2D eigenvalue weighted by Crippen LogP contribution is 2.03. The van der Waals surface area contributed by atoms with Crippen LogP contribution in [0.4, 0.5) is 0 Å². The van der Waals surface area contributed by atoms with Crippen molar-refractivity contribution in [1.82, 2.24) is 15.5 Å². The number of ether oxygens (including phenoxy) is 1. The lowest BCUT2D eigenvalue weighted by molar-refractivity contribution is -0.149. The van der Waals surface area contributed by atoms with Gasteiger partial charge < -0.3 is 20.7 Å². The van der Waals surface area contributed by atoms with E-state index in [0.717, 1.165) is 0 Å². The molecule has 0 spiro atoms. The zero-order chi connectivity index (χ0) is 16.7. The summed E-state index contributed by atoms with van der Waals surface area (Å²) in [4.78, 5) is 47.5. The molecule has 0 aromatic rings. The number of rotatable bonds is 6. The van der Waals surface area contributed by atoms with Crippen LogP contribution in [0.2, 0.25) is 0 Å². The molecule has 1 rings (SSSR count). The van der Waals surface area contributed by atoms with E-state index in [-0.39, 0.29) is 19.1 Å². The third-order valence-electron chi connectivity index (χ3n) is 3.18. The first kappa shape index (κ1) is 17.9. The summed E-state index contributed by atoms with van der Waals surface area (Å²) < 4.78 is 4.86. The van der Waals surface area contributed by atoms with Crippen molar-refractivity contribution in [3.8, 4) is 0 Å². The quantitative estimate of drug-likeness (QED) is 0.490. The lowest BCUT2D eigenvalue weighted by atomic mass is 10.1. The molecule has 1 fully saturated rings. The number of hydrogen-bond donors (Lipinski definition) is 3. The summed E-state index contributed by atoms with van der Waals surface area (Å²) in [6.07, 6.45) is 0.185. The number of nitrogens with two attached hydrogens (primary N) is 1. The first-order valence-electron chi connectivity index (χ1n) is 7.05. The molecular weight excluding hydrogens is 292 g/mol. The van der Waals surface area contributed by atoms with E-state index in [1.54, 1.807) is 0 Å². The first-order valence-corrected chi connectivity index (χ1v) is 7.05. The molecule has 0 aromatic carbocycles. The summed E-state index contributed by atoms with van der Waals surface area (Å²) >= 11 is 0. The molecule has 2 unspecified atom stereocenters. The molecule has 9 nitrogen and oxygen atoms in total. The normalized spacial score (nSPS) is 18.1. The van der Waals surface area contributed by atoms with E-state index < -0.39 is 29.9 Å². The molecule has 1 aliphatic rings. The lowest BCUT2D eigenvalue weighted by Crippen LogP contribution is -2.54. The van der Waals surface area contributed by atoms with Crippen molar-refractivity contribution in [2.45, 2.75) is 38.8 Å². The van der Waals surface area contributed by atoms with Crippen molar-refractivity contribution in [3.63, 3.8) is 0 Å². The average Bonchev–Trinajstić information content (AvgIpc) is 2.60. The molecule has 1 heterocycles. The zero-order valence-electron chi connectivity index (χ0n) is 12.8. The van der Waals surface area contributed by atoms with Gasteiger partial charge in [-0.25, -0.2) is 0 Å². The molecule has 22 heavy (non-hydrogen) atoms. The molecule has 1 aliphatic heterocycles. The van der Waals surface area contributed by atoms with Gasteiger partial charge in [-0.15, -0.1) is 0 Å². The Kier molecular flexibility index (Phi) is 6.77. The van der Waals surface area contributed by atoms with E-state index >= 15 is 0 Å². The number of nitrogens with zero attached hydrogens (tertiary/aromatic N) is 1. The van der Waals surface area contributed by atoms with Gasteiger partial charge in [0.25, 0.3) is 0 Å². The maximum Gasteiger partial charge on any atom is 0.302 e. The summed E-state index contributed by atoms with van der Waals surface area (Å²) in [5.74, 6) is -2.08. The second-order valence-electron chi connectivity index (χ2n) is 5.12. The van der Waals surface area contributed by atoms with Gasteiger partial charge in [-0.05, 0) is 19.9 Å². The van der Waals surface area contributed by atoms with Gasteiger partial charge in [0.1, 0.15) is 18.7 Å². The highest BCUT2D eigenvalue weighted by Gasteiger charge is 2.28.